The van der Waals surface area contributed by atoms with E-state index in [4.69, 9.17) is 9.47 Å². The summed E-state index contributed by atoms with van der Waals surface area (Å²) < 4.78 is 11.7. The van der Waals surface area contributed by atoms with Gasteiger partial charge >= 0.3 is 0 Å². The normalized spacial score (nSPS) is 20.1. The Morgan fingerprint density at radius 2 is 1.27 bits per heavy atom. The maximum Gasteiger partial charge on any atom is 0.119 e. The molecule has 2 rings (SSSR count). The van der Waals surface area contributed by atoms with Crippen LogP contribution in [0, 0.1) is 11.8 Å². The Bertz CT molecular complexity index is 452. The van der Waals surface area contributed by atoms with Gasteiger partial charge in [-0.2, -0.15) is 0 Å². The monoisotopic (exact) mass is 360 g/mol. The first-order valence-electron chi connectivity index (χ1n) is 11.2. The Morgan fingerprint density at radius 3 is 1.85 bits per heavy atom. The lowest BCUT2D eigenvalue weighted by Gasteiger charge is -2.31. The van der Waals surface area contributed by atoms with Crippen LogP contribution in [-0.4, -0.2) is 13.2 Å². The molecule has 0 aromatic heterocycles. The minimum Gasteiger partial charge on any atom is -0.494 e. The average molecular weight is 361 g/mol. The van der Waals surface area contributed by atoms with E-state index in [0.717, 1.165) is 43.0 Å². The Labute approximate surface area is 161 Å². The van der Waals surface area contributed by atoms with Crippen LogP contribution < -0.4 is 9.47 Å². The van der Waals surface area contributed by atoms with Crippen LogP contribution in [0.5, 0.6) is 11.5 Å². The molecule has 0 aliphatic heterocycles. The van der Waals surface area contributed by atoms with Crippen LogP contribution in [0.4, 0.5) is 0 Å². The number of ether oxygens (including phenoxy) is 2. The molecule has 2 heteroatoms. The summed E-state index contributed by atoms with van der Waals surface area (Å²) in [7, 11) is 0. The molecule has 1 aromatic rings. The smallest absolute Gasteiger partial charge is 0.119 e. The molecule has 0 radical (unpaired) electrons. The van der Waals surface area contributed by atoms with Crippen molar-refractivity contribution in [3.63, 3.8) is 0 Å². The van der Waals surface area contributed by atoms with Gasteiger partial charge in [0.15, 0.2) is 0 Å². The summed E-state index contributed by atoms with van der Waals surface area (Å²) in [5.74, 6) is 3.84. The van der Waals surface area contributed by atoms with Crippen molar-refractivity contribution in [1.29, 1.82) is 0 Å². The Balaban J connectivity index is 1.60. The number of rotatable bonds is 13. The number of benzene rings is 1. The van der Waals surface area contributed by atoms with E-state index in [-0.39, 0.29) is 0 Å². The molecule has 1 aliphatic rings. The Kier molecular flexibility index (Phi) is 10.6. The van der Waals surface area contributed by atoms with Crippen molar-refractivity contribution < 1.29 is 9.47 Å². The van der Waals surface area contributed by atoms with E-state index >= 15 is 0 Å². The van der Waals surface area contributed by atoms with Gasteiger partial charge in [-0.05, 0) is 55.4 Å². The third kappa shape index (κ3) is 8.01. The predicted molar refractivity (Wildman–Crippen MR) is 111 cm³/mol. The van der Waals surface area contributed by atoms with Gasteiger partial charge in [0.2, 0.25) is 0 Å². The molecule has 1 fully saturated rings. The van der Waals surface area contributed by atoms with Crippen molar-refractivity contribution in [3.05, 3.63) is 24.3 Å². The summed E-state index contributed by atoms with van der Waals surface area (Å²) in [6, 6.07) is 8.16. The fourth-order valence-corrected chi connectivity index (χ4v) is 4.30. The maximum absolute atomic E-state index is 5.95. The second-order valence-corrected chi connectivity index (χ2v) is 7.96. The van der Waals surface area contributed by atoms with Gasteiger partial charge in [-0.3, -0.25) is 0 Å². The molecule has 2 unspecified atom stereocenters. The predicted octanol–water partition coefficient (Wildman–Crippen LogP) is 7.41. The molecule has 2 atom stereocenters. The van der Waals surface area contributed by atoms with E-state index in [2.05, 4.69) is 13.8 Å². The first kappa shape index (κ1) is 21.1. The van der Waals surface area contributed by atoms with Crippen LogP contribution in [0.3, 0.4) is 0 Å². The molecule has 0 saturated heterocycles. The highest BCUT2D eigenvalue weighted by Gasteiger charge is 2.23. The summed E-state index contributed by atoms with van der Waals surface area (Å²) in [6.45, 7) is 6.22. The minimum absolute atomic E-state index is 0.820. The van der Waals surface area contributed by atoms with Gasteiger partial charge in [-0.1, -0.05) is 71.6 Å². The maximum atomic E-state index is 5.95. The second kappa shape index (κ2) is 13.1. The van der Waals surface area contributed by atoms with Gasteiger partial charge in [0, 0.05) is 0 Å². The highest BCUT2D eigenvalue weighted by molar-refractivity contribution is 5.31. The fraction of sp³-hybridized carbons (Fsp3) is 0.750. The number of unbranched alkanes of at least 4 members (excludes halogenated alkanes) is 3. The Morgan fingerprint density at radius 1 is 0.692 bits per heavy atom. The summed E-state index contributed by atoms with van der Waals surface area (Å²) in [5.41, 5.74) is 0. The van der Waals surface area contributed by atoms with Crippen molar-refractivity contribution in [3.8, 4) is 11.5 Å². The van der Waals surface area contributed by atoms with E-state index in [9.17, 15) is 0 Å². The van der Waals surface area contributed by atoms with Crippen LogP contribution in [0.25, 0.3) is 0 Å². The van der Waals surface area contributed by atoms with Crippen molar-refractivity contribution in [2.75, 3.05) is 13.2 Å². The molecular formula is C24H40O2. The van der Waals surface area contributed by atoms with E-state index in [1.54, 1.807) is 0 Å². The molecule has 0 bridgehead atoms. The largest absolute Gasteiger partial charge is 0.494 e. The Hall–Kier alpha value is -1.18. The van der Waals surface area contributed by atoms with E-state index in [0.29, 0.717) is 0 Å². The van der Waals surface area contributed by atoms with Crippen molar-refractivity contribution >= 4 is 0 Å². The zero-order valence-electron chi connectivity index (χ0n) is 17.2. The quantitative estimate of drug-likeness (QED) is 0.341. The molecule has 1 saturated carbocycles. The molecule has 2 nitrogen and oxygen atoms in total. The minimum atomic E-state index is 0.820. The van der Waals surface area contributed by atoms with E-state index in [1.165, 1.54) is 70.6 Å². The van der Waals surface area contributed by atoms with Gasteiger partial charge < -0.3 is 9.47 Å². The molecular weight excluding hydrogens is 320 g/mol. The molecule has 0 spiro atoms. The SMILES string of the molecule is CCCCCCOc1ccc(OCCCC2CCCCC2CCC)cc1. The van der Waals surface area contributed by atoms with E-state index < -0.39 is 0 Å². The van der Waals surface area contributed by atoms with Crippen molar-refractivity contribution in [2.24, 2.45) is 11.8 Å². The van der Waals surface area contributed by atoms with Gasteiger partial charge in [-0.15, -0.1) is 0 Å². The summed E-state index contributed by atoms with van der Waals surface area (Å²) in [6.07, 6.45) is 16.0. The third-order valence-corrected chi connectivity index (χ3v) is 5.80. The molecule has 26 heavy (non-hydrogen) atoms. The zero-order chi connectivity index (χ0) is 18.5. The van der Waals surface area contributed by atoms with Crippen molar-refractivity contribution in [2.45, 2.75) is 90.9 Å². The average Bonchev–Trinajstić information content (AvgIpc) is 2.67. The molecule has 1 aliphatic carbocycles. The molecule has 148 valence electrons. The first-order valence-corrected chi connectivity index (χ1v) is 11.2. The molecule has 0 heterocycles. The van der Waals surface area contributed by atoms with Crippen molar-refractivity contribution in [1.82, 2.24) is 0 Å². The molecule has 0 N–H and O–H groups in total. The summed E-state index contributed by atoms with van der Waals surface area (Å²) in [4.78, 5) is 0. The van der Waals surface area contributed by atoms with Gasteiger partial charge in [0.25, 0.3) is 0 Å². The highest BCUT2D eigenvalue weighted by atomic mass is 16.5. The first-order chi connectivity index (χ1) is 12.8. The lowest BCUT2D eigenvalue weighted by atomic mass is 9.75. The van der Waals surface area contributed by atoms with Crippen LogP contribution >= 0.6 is 0 Å². The van der Waals surface area contributed by atoms with Crippen LogP contribution in [-0.2, 0) is 0 Å². The summed E-state index contributed by atoms with van der Waals surface area (Å²) in [5, 5.41) is 0. The van der Waals surface area contributed by atoms with Crippen LogP contribution in [0.2, 0.25) is 0 Å². The van der Waals surface area contributed by atoms with E-state index in [1.807, 2.05) is 24.3 Å². The number of hydrogen-bond acceptors (Lipinski definition) is 2. The lowest BCUT2D eigenvalue weighted by Crippen LogP contribution is -2.20. The fourth-order valence-electron chi connectivity index (χ4n) is 4.30. The zero-order valence-corrected chi connectivity index (χ0v) is 17.2. The lowest BCUT2D eigenvalue weighted by molar-refractivity contribution is 0.193. The molecule has 0 amide bonds. The third-order valence-electron chi connectivity index (χ3n) is 5.80. The number of hydrogen-bond donors (Lipinski definition) is 0. The topological polar surface area (TPSA) is 18.5 Å². The summed E-state index contributed by atoms with van der Waals surface area (Å²) >= 11 is 0. The van der Waals surface area contributed by atoms with Crippen LogP contribution in [0.1, 0.15) is 90.9 Å². The molecule has 1 aromatic carbocycles. The highest BCUT2D eigenvalue weighted by Crippen LogP contribution is 2.36. The second-order valence-electron chi connectivity index (χ2n) is 7.96. The van der Waals surface area contributed by atoms with Gasteiger partial charge in [0.1, 0.15) is 11.5 Å². The van der Waals surface area contributed by atoms with Gasteiger partial charge in [0.05, 0.1) is 13.2 Å². The van der Waals surface area contributed by atoms with Crippen LogP contribution in [0.15, 0.2) is 24.3 Å². The van der Waals surface area contributed by atoms with Gasteiger partial charge in [-0.25, -0.2) is 0 Å². The standard InChI is InChI=1S/C24H40O2/c1-3-5-6-9-19-25-23-15-17-24(18-16-23)26-20-10-14-22-13-8-7-12-21(22)11-4-2/h15-18,21-22H,3-14,19-20H2,1-2H3.